The summed E-state index contributed by atoms with van der Waals surface area (Å²) in [6.45, 7) is 2.94. The largest absolute Gasteiger partial charge is 0.476 e. The lowest BCUT2D eigenvalue weighted by molar-refractivity contribution is -0.669. The Bertz CT molecular complexity index is 882. The van der Waals surface area contributed by atoms with E-state index >= 15 is 0 Å². The molecule has 0 spiro atoms. The average Bonchev–Trinajstić information content (AvgIpc) is 2.67. The van der Waals surface area contributed by atoms with E-state index in [1.165, 1.54) is 19.4 Å². The zero-order valence-corrected chi connectivity index (χ0v) is 14.5. The van der Waals surface area contributed by atoms with Gasteiger partial charge in [0.05, 0.1) is 35.9 Å². The number of nitrogens with two attached hydrogens (primary N) is 1. The molecule has 3 aromatic rings. The van der Waals surface area contributed by atoms with E-state index in [1.807, 2.05) is 6.07 Å². The van der Waals surface area contributed by atoms with Crippen LogP contribution in [0.15, 0.2) is 36.9 Å². The molecule has 6 nitrogen and oxygen atoms in total. The third-order valence-corrected chi connectivity index (χ3v) is 4.77. The molecule has 4 heterocycles. The van der Waals surface area contributed by atoms with Crippen molar-refractivity contribution in [2.45, 2.75) is 12.8 Å². The summed E-state index contributed by atoms with van der Waals surface area (Å²) in [5.74, 6) is 1.04. The zero-order valence-electron chi connectivity index (χ0n) is 13.7. The Hall–Kier alpha value is -2.31. The number of rotatable bonds is 4. The van der Waals surface area contributed by atoms with Crippen molar-refractivity contribution >= 4 is 22.6 Å². The van der Waals surface area contributed by atoms with Crippen LogP contribution in [0.3, 0.4) is 0 Å². The summed E-state index contributed by atoms with van der Waals surface area (Å²) in [4.78, 5) is 17.6. The van der Waals surface area contributed by atoms with Crippen LogP contribution < -0.4 is 10.1 Å². The lowest BCUT2D eigenvalue weighted by Gasteiger charge is -2.20. The number of ether oxygens (including phenoxy) is 1. The molecule has 0 radical (unpaired) electrons. The predicted octanol–water partition coefficient (Wildman–Crippen LogP) is 2.09. The van der Waals surface area contributed by atoms with Crippen LogP contribution in [0.1, 0.15) is 12.8 Å². The predicted molar refractivity (Wildman–Crippen MR) is 95.5 cm³/mol. The summed E-state index contributed by atoms with van der Waals surface area (Å²) in [5.41, 5.74) is 2.85. The molecule has 128 valence electrons. The molecule has 1 atom stereocenters. The van der Waals surface area contributed by atoms with E-state index in [4.69, 9.17) is 16.3 Å². The molecule has 3 aromatic heterocycles. The SMILES string of the molecule is Clc1ccncc1-c1cc2nccnc2c(OC[C@H]2CCC[NH2+]C2)n1. The molecule has 1 fully saturated rings. The van der Waals surface area contributed by atoms with Gasteiger partial charge in [-0.15, -0.1) is 0 Å². The van der Waals surface area contributed by atoms with Gasteiger partial charge in [0.25, 0.3) is 0 Å². The molecule has 1 aliphatic rings. The van der Waals surface area contributed by atoms with Crippen molar-refractivity contribution < 1.29 is 10.1 Å². The monoisotopic (exact) mass is 356 g/mol. The van der Waals surface area contributed by atoms with Gasteiger partial charge in [-0.2, -0.15) is 0 Å². The highest BCUT2D eigenvalue weighted by atomic mass is 35.5. The molecule has 4 rings (SSSR count). The highest BCUT2D eigenvalue weighted by Gasteiger charge is 2.19. The van der Waals surface area contributed by atoms with E-state index in [9.17, 15) is 0 Å². The van der Waals surface area contributed by atoms with Gasteiger partial charge in [0.2, 0.25) is 5.88 Å². The van der Waals surface area contributed by atoms with Crippen molar-refractivity contribution in [3.8, 4) is 17.1 Å². The van der Waals surface area contributed by atoms with Crippen LogP contribution in [0.25, 0.3) is 22.3 Å². The molecule has 7 heteroatoms. The first-order chi connectivity index (χ1) is 12.3. The average molecular weight is 357 g/mol. The van der Waals surface area contributed by atoms with Crippen molar-refractivity contribution in [2.24, 2.45) is 5.92 Å². The fourth-order valence-electron chi connectivity index (χ4n) is 3.12. The number of fused-ring (bicyclic) bond motifs is 1. The van der Waals surface area contributed by atoms with Crippen LogP contribution in [-0.2, 0) is 0 Å². The van der Waals surface area contributed by atoms with Crippen molar-refractivity contribution in [3.63, 3.8) is 0 Å². The van der Waals surface area contributed by atoms with Gasteiger partial charge in [0.15, 0.2) is 5.52 Å². The summed E-state index contributed by atoms with van der Waals surface area (Å²) >= 11 is 6.30. The Balaban J connectivity index is 1.70. The lowest BCUT2D eigenvalue weighted by Crippen LogP contribution is -2.87. The molecule has 0 aliphatic carbocycles. The van der Waals surface area contributed by atoms with Gasteiger partial charge in [-0.1, -0.05) is 11.6 Å². The Kier molecular flexibility index (Phi) is 4.72. The summed E-state index contributed by atoms with van der Waals surface area (Å²) in [5, 5.41) is 2.94. The third kappa shape index (κ3) is 3.55. The highest BCUT2D eigenvalue weighted by molar-refractivity contribution is 6.33. The molecule has 25 heavy (non-hydrogen) atoms. The maximum Gasteiger partial charge on any atom is 0.242 e. The normalized spacial score (nSPS) is 17.6. The van der Waals surface area contributed by atoms with Crippen LogP contribution in [0, 0.1) is 5.92 Å². The Morgan fingerprint density at radius 3 is 3.00 bits per heavy atom. The molecule has 0 aromatic carbocycles. The minimum atomic E-state index is 0.506. The van der Waals surface area contributed by atoms with Gasteiger partial charge in [-0.05, 0) is 25.0 Å². The smallest absolute Gasteiger partial charge is 0.242 e. The second-order valence-electron chi connectivity index (χ2n) is 6.22. The van der Waals surface area contributed by atoms with E-state index in [-0.39, 0.29) is 0 Å². The summed E-state index contributed by atoms with van der Waals surface area (Å²) in [7, 11) is 0. The highest BCUT2D eigenvalue weighted by Crippen LogP contribution is 2.30. The molecule has 1 aliphatic heterocycles. The first kappa shape index (κ1) is 16.2. The van der Waals surface area contributed by atoms with E-state index in [0.717, 1.165) is 17.6 Å². The second-order valence-corrected chi connectivity index (χ2v) is 6.63. The molecule has 1 saturated heterocycles. The summed E-state index contributed by atoms with van der Waals surface area (Å²) < 4.78 is 6.06. The maximum atomic E-state index is 6.30. The van der Waals surface area contributed by atoms with E-state index in [2.05, 4.69) is 25.3 Å². The first-order valence-corrected chi connectivity index (χ1v) is 8.85. The standard InChI is InChI=1S/C18H18ClN5O/c19-14-3-5-21-10-13(14)15-8-16-17(23-7-6-22-16)18(24-15)25-11-12-2-1-4-20-9-12/h3,5-8,10,12,20H,1-2,4,9,11H2/p+1/t12-/m0/s1. The minimum Gasteiger partial charge on any atom is -0.476 e. The van der Waals surface area contributed by atoms with Crippen LogP contribution >= 0.6 is 11.6 Å². The third-order valence-electron chi connectivity index (χ3n) is 4.44. The number of nitrogens with zero attached hydrogens (tertiary/aromatic N) is 4. The van der Waals surface area contributed by atoms with Crippen LogP contribution in [0.5, 0.6) is 5.88 Å². The van der Waals surface area contributed by atoms with Crippen LogP contribution in [0.2, 0.25) is 5.02 Å². The van der Waals surface area contributed by atoms with Gasteiger partial charge in [0, 0.05) is 36.3 Å². The lowest BCUT2D eigenvalue weighted by atomic mass is 10.0. The molecular formula is C18H19ClN5O+. The van der Waals surface area contributed by atoms with Crippen LogP contribution in [0.4, 0.5) is 0 Å². The van der Waals surface area contributed by atoms with Crippen molar-refractivity contribution in [3.05, 3.63) is 41.9 Å². The van der Waals surface area contributed by atoms with Gasteiger partial charge in [-0.25, -0.2) is 9.97 Å². The van der Waals surface area contributed by atoms with Gasteiger partial charge >= 0.3 is 0 Å². The number of pyridine rings is 2. The van der Waals surface area contributed by atoms with Crippen molar-refractivity contribution in [2.75, 3.05) is 19.7 Å². The van der Waals surface area contributed by atoms with Gasteiger partial charge in [0.1, 0.15) is 0 Å². The number of hydrogen-bond acceptors (Lipinski definition) is 5. The maximum absolute atomic E-state index is 6.30. The Morgan fingerprint density at radius 1 is 1.24 bits per heavy atom. The number of piperidine rings is 1. The van der Waals surface area contributed by atoms with Gasteiger partial charge < -0.3 is 10.1 Å². The number of quaternary nitrogens is 1. The summed E-state index contributed by atoms with van der Waals surface area (Å²) in [6, 6.07) is 3.62. The second kappa shape index (κ2) is 7.29. The Morgan fingerprint density at radius 2 is 2.16 bits per heavy atom. The molecule has 0 saturated carbocycles. The number of hydrogen-bond donors (Lipinski definition) is 1. The van der Waals surface area contributed by atoms with E-state index in [0.29, 0.717) is 34.6 Å². The fraction of sp³-hybridized carbons (Fsp3) is 0.333. The van der Waals surface area contributed by atoms with E-state index in [1.54, 1.807) is 30.9 Å². The molecule has 2 N–H and O–H groups in total. The first-order valence-electron chi connectivity index (χ1n) is 8.47. The van der Waals surface area contributed by atoms with Gasteiger partial charge in [-0.3, -0.25) is 9.97 Å². The topological polar surface area (TPSA) is 77.4 Å². The molecular weight excluding hydrogens is 338 g/mol. The van der Waals surface area contributed by atoms with Crippen LogP contribution in [-0.4, -0.2) is 39.6 Å². The van der Waals surface area contributed by atoms with Crippen molar-refractivity contribution in [1.82, 2.24) is 19.9 Å². The Labute approximate surface area is 150 Å². The quantitative estimate of drug-likeness (QED) is 0.774. The number of aromatic nitrogens is 4. The minimum absolute atomic E-state index is 0.506. The fourth-order valence-corrected chi connectivity index (χ4v) is 3.32. The van der Waals surface area contributed by atoms with E-state index < -0.39 is 0 Å². The zero-order chi connectivity index (χ0) is 17.1. The van der Waals surface area contributed by atoms with Crippen molar-refractivity contribution in [1.29, 1.82) is 0 Å². The molecule has 0 bridgehead atoms. The number of halogens is 1. The summed E-state index contributed by atoms with van der Waals surface area (Å²) in [6.07, 6.45) is 9.09. The molecule has 0 unspecified atom stereocenters. The molecule has 0 amide bonds.